The lowest BCUT2D eigenvalue weighted by molar-refractivity contribution is -0.0500. The van der Waals surface area contributed by atoms with E-state index < -0.39 is 32.9 Å². The number of nitrogens with zero attached hydrogens (tertiary/aromatic N) is 1. The van der Waals surface area contributed by atoms with Crippen molar-refractivity contribution >= 4 is 44.7 Å². The van der Waals surface area contributed by atoms with Crippen LogP contribution < -0.4 is 16.7 Å². The van der Waals surface area contributed by atoms with Crippen molar-refractivity contribution in [3.8, 4) is 28.7 Å². The first kappa shape index (κ1) is 29.0. The highest BCUT2D eigenvalue weighted by molar-refractivity contribution is 14.1. The standard InChI is InChI=1S/C25H18F3IN2O8S/c1-36-20-12-14(38-29)5-7-17(20)24(33)22-18(9-10-30-22)31-11-3-4-19(31)23(32)16-8-6-15(13-21(16)37-2)39-40(34,35)25(26,27)28/h3-13,30H,1-2H3. The van der Waals surface area contributed by atoms with Crippen molar-refractivity contribution in [3.05, 3.63) is 89.5 Å². The number of H-pyrrole nitrogens is 1. The van der Waals surface area contributed by atoms with Crippen LogP contribution >= 0.6 is 23.0 Å². The zero-order valence-electron chi connectivity index (χ0n) is 20.5. The van der Waals surface area contributed by atoms with E-state index in [0.717, 1.165) is 25.3 Å². The summed E-state index contributed by atoms with van der Waals surface area (Å²) >= 11 is 1.70. The Morgan fingerprint density at radius 2 is 1.50 bits per heavy atom. The number of rotatable bonds is 10. The second-order valence-electron chi connectivity index (χ2n) is 7.94. The molecule has 0 saturated carbocycles. The predicted molar refractivity (Wildman–Crippen MR) is 143 cm³/mol. The maximum Gasteiger partial charge on any atom is 0.534 e. The molecule has 2 aromatic carbocycles. The molecular weight excluding hydrogens is 672 g/mol. The maximum atomic E-state index is 13.5. The lowest BCUT2D eigenvalue weighted by Crippen LogP contribution is -2.28. The van der Waals surface area contributed by atoms with E-state index in [-0.39, 0.29) is 34.0 Å². The van der Waals surface area contributed by atoms with Gasteiger partial charge in [-0.3, -0.25) is 9.59 Å². The van der Waals surface area contributed by atoms with Crippen molar-refractivity contribution in [2.24, 2.45) is 0 Å². The number of carbonyl (C=O) groups is 2. The Labute approximate surface area is 239 Å². The number of alkyl halides is 3. The van der Waals surface area contributed by atoms with Gasteiger partial charge >= 0.3 is 15.6 Å². The molecule has 4 rings (SSSR count). The van der Waals surface area contributed by atoms with E-state index in [9.17, 15) is 31.2 Å². The summed E-state index contributed by atoms with van der Waals surface area (Å²) < 4.78 is 82.0. The molecule has 0 amide bonds. The van der Waals surface area contributed by atoms with Crippen molar-refractivity contribution in [3.63, 3.8) is 0 Å². The van der Waals surface area contributed by atoms with Crippen LogP contribution in [0.1, 0.15) is 32.1 Å². The molecular formula is C25H18F3IN2O8S. The highest BCUT2D eigenvalue weighted by atomic mass is 127. The lowest BCUT2D eigenvalue weighted by atomic mass is 10.0. The number of ether oxygens (including phenoxy) is 2. The van der Waals surface area contributed by atoms with Crippen LogP contribution in [0.3, 0.4) is 0 Å². The number of aromatic nitrogens is 2. The number of aromatic amines is 1. The Hall–Kier alpha value is -3.99. The van der Waals surface area contributed by atoms with Gasteiger partial charge in [0, 0.05) is 24.5 Å². The van der Waals surface area contributed by atoms with Crippen molar-refractivity contribution in [2.75, 3.05) is 14.2 Å². The van der Waals surface area contributed by atoms with E-state index in [4.69, 9.17) is 12.5 Å². The minimum absolute atomic E-state index is 0.0733. The highest BCUT2D eigenvalue weighted by Crippen LogP contribution is 2.33. The number of carbonyl (C=O) groups excluding carboxylic acids is 2. The molecule has 0 atom stereocenters. The average Bonchev–Trinajstić information content (AvgIpc) is 3.60. The molecule has 15 heteroatoms. The van der Waals surface area contributed by atoms with Crippen LogP contribution in [0.4, 0.5) is 13.2 Å². The molecule has 10 nitrogen and oxygen atoms in total. The summed E-state index contributed by atoms with van der Waals surface area (Å²) in [7, 11) is -3.37. The van der Waals surface area contributed by atoms with Gasteiger partial charge in [-0.15, -0.1) is 0 Å². The fourth-order valence-electron chi connectivity index (χ4n) is 3.78. The van der Waals surface area contributed by atoms with Crippen LogP contribution in [0.2, 0.25) is 0 Å². The molecule has 0 spiro atoms. The number of benzene rings is 2. The highest BCUT2D eigenvalue weighted by Gasteiger charge is 2.48. The first-order chi connectivity index (χ1) is 18.9. The van der Waals surface area contributed by atoms with Gasteiger partial charge in [0.25, 0.3) is 0 Å². The van der Waals surface area contributed by atoms with Gasteiger partial charge in [-0.2, -0.15) is 21.6 Å². The number of nitrogens with one attached hydrogen (secondary N) is 1. The molecule has 0 radical (unpaired) electrons. The average molecular weight is 690 g/mol. The van der Waals surface area contributed by atoms with Crippen molar-refractivity contribution < 1.29 is 47.9 Å². The maximum absolute atomic E-state index is 13.5. The molecule has 0 aliphatic rings. The van der Waals surface area contributed by atoms with Gasteiger partial charge in [-0.1, -0.05) is 0 Å². The molecule has 4 aromatic rings. The molecule has 1 N–H and O–H groups in total. The monoisotopic (exact) mass is 690 g/mol. The van der Waals surface area contributed by atoms with Gasteiger partial charge in [0.05, 0.1) is 36.7 Å². The minimum atomic E-state index is -5.93. The third-order valence-corrected chi connectivity index (χ3v) is 7.09. The number of hydrogen-bond acceptors (Lipinski definition) is 8. The predicted octanol–water partition coefficient (Wildman–Crippen LogP) is 5.24. The summed E-state index contributed by atoms with van der Waals surface area (Å²) in [5.74, 6) is -1.27. The molecule has 0 fully saturated rings. The fourth-order valence-corrected chi connectivity index (χ4v) is 4.51. The van der Waals surface area contributed by atoms with E-state index >= 15 is 0 Å². The quantitative estimate of drug-likeness (QED) is 0.104. The van der Waals surface area contributed by atoms with Gasteiger partial charge < -0.3 is 26.3 Å². The summed E-state index contributed by atoms with van der Waals surface area (Å²) in [6, 6.07) is 12.1. The number of methoxy groups -OCH3 is 2. The minimum Gasteiger partial charge on any atom is -0.496 e. The number of hydrogen-bond donors (Lipinski definition) is 1. The molecule has 0 aliphatic carbocycles. The Bertz CT molecular complexity index is 1700. The molecule has 2 aromatic heterocycles. The largest absolute Gasteiger partial charge is 0.534 e. The lowest BCUT2D eigenvalue weighted by Gasteiger charge is -2.14. The van der Waals surface area contributed by atoms with Gasteiger partial charge in [0.15, 0.2) is 23.0 Å². The summed E-state index contributed by atoms with van der Waals surface area (Å²) in [6.07, 6.45) is 3.05. The molecule has 210 valence electrons. The smallest absolute Gasteiger partial charge is 0.496 e. The molecule has 2 heterocycles. The van der Waals surface area contributed by atoms with Gasteiger partial charge in [-0.25, -0.2) is 0 Å². The van der Waals surface area contributed by atoms with E-state index in [2.05, 4.69) is 9.17 Å². The third kappa shape index (κ3) is 5.51. The Kier molecular flexibility index (Phi) is 8.15. The second kappa shape index (κ2) is 11.2. The van der Waals surface area contributed by atoms with Crippen molar-refractivity contribution in [1.29, 1.82) is 0 Å². The molecule has 0 saturated heterocycles. The molecule has 0 aliphatic heterocycles. The van der Waals surface area contributed by atoms with E-state index in [1.54, 1.807) is 47.3 Å². The molecule has 0 bridgehead atoms. The van der Waals surface area contributed by atoms with E-state index in [1.807, 2.05) is 0 Å². The van der Waals surface area contributed by atoms with Crippen LogP contribution in [0, 0.1) is 0 Å². The second-order valence-corrected chi connectivity index (χ2v) is 9.92. The fraction of sp³-hybridized carbons (Fsp3) is 0.120. The first-order valence-corrected chi connectivity index (χ1v) is 13.3. The Balaban J connectivity index is 1.70. The van der Waals surface area contributed by atoms with Crippen LogP contribution in [0.25, 0.3) is 5.69 Å². The number of ketones is 2. The van der Waals surface area contributed by atoms with Crippen LogP contribution in [0.5, 0.6) is 23.0 Å². The Morgan fingerprint density at radius 3 is 2.10 bits per heavy atom. The van der Waals surface area contributed by atoms with Gasteiger partial charge in [-0.05, 0) is 42.5 Å². The van der Waals surface area contributed by atoms with E-state index in [1.165, 1.54) is 36.2 Å². The van der Waals surface area contributed by atoms with Gasteiger partial charge in [0.2, 0.25) is 11.6 Å². The zero-order chi connectivity index (χ0) is 29.2. The summed E-state index contributed by atoms with van der Waals surface area (Å²) in [4.78, 5) is 29.9. The number of halogens is 4. The van der Waals surface area contributed by atoms with Crippen LogP contribution in [-0.2, 0) is 10.1 Å². The van der Waals surface area contributed by atoms with Crippen LogP contribution in [0.15, 0.2) is 67.0 Å². The van der Waals surface area contributed by atoms with Crippen molar-refractivity contribution in [1.82, 2.24) is 9.55 Å². The molecule has 40 heavy (non-hydrogen) atoms. The summed E-state index contributed by atoms with van der Waals surface area (Å²) in [5, 5.41) is 0. The zero-order valence-corrected chi connectivity index (χ0v) is 23.5. The van der Waals surface area contributed by atoms with Gasteiger partial charge in [0.1, 0.15) is 28.7 Å². The topological polar surface area (TPSA) is 126 Å². The summed E-state index contributed by atoms with van der Waals surface area (Å²) in [5.41, 5.74) is -4.97. The third-order valence-electron chi connectivity index (χ3n) is 5.61. The van der Waals surface area contributed by atoms with Crippen LogP contribution in [-0.4, -0.2) is 49.3 Å². The first-order valence-electron chi connectivity index (χ1n) is 11.0. The SMILES string of the molecule is COc1cc(OI)ccc1C(=O)c1[nH]ccc1-n1cccc1C(=O)c1ccc(OS(=O)(=O)C(F)(F)F)cc1OC. The molecule has 0 unspecified atom stereocenters. The Morgan fingerprint density at radius 1 is 0.900 bits per heavy atom. The van der Waals surface area contributed by atoms with E-state index in [0.29, 0.717) is 11.4 Å². The summed E-state index contributed by atoms with van der Waals surface area (Å²) in [6.45, 7) is 0. The van der Waals surface area contributed by atoms with Crippen molar-refractivity contribution in [2.45, 2.75) is 5.51 Å². The normalized spacial score (nSPS) is 11.7.